The number of H-pyrrole nitrogens is 1. The molecule has 9 atom stereocenters. The molecule has 5 amide bonds. The van der Waals surface area contributed by atoms with Crippen LogP contribution in [0.2, 0.25) is 0 Å². The summed E-state index contributed by atoms with van der Waals surface area (Å²) >= 11 is 1.85. The third kappa shape index (κ3) is 17.0. The van der Waals surface area contributed by atoms with Crippen molar-refractivity contribution in [2.24, 2.45) is 0 Å². The normalized spacial score (nSPS) is 25.4. The molecular formula is C32H52N7O19P3S. The number of carbonyl (C=O) groups excluding carboxylic acids is 4. The number of thioether (sulfide) groups is 1. The van der Waals surface area contributed by atoms with Crippen molar-refractivity contribution in [3.63, 3.8) is 0 Å². The van der Waals surface area contributed by atoms with Crippen molar-refractivity contribution in [2.75, 3.05) is 32.0 Å². The van der Waals surface area contributed by atoms with Crippen molar-refractivity contribution in [1.82, 2.24) is 36.1 Å². The number of unbranched alkanes of at least 4 members (excludes halogenated alkanes) is 3. The number of phosphoric ester groups is 1. The largest absolute Gasteiger partial charge is 0.490 e. The minimum Gasteiger partial charge on any atom is -0.387 e. The van der Waals surface area contributed by atoms with Crippen LogP contribution in [0.25, 0.3) is 6.08 Å². The number of nitrogens with one attached hydrogen (secondary N) is 6. The van der Waals surface area contributed by atoms with Gasteiger partial charge in [-0.1, -0.05) is 25.0 Å². The van der Waals surface area contributed by atoms with Crippen LogP contribution >= 0.6 is 35.2 Å². The third-order valence-electron chi connectivity index (χ3n) is 9.53. The zero-order valence-electron chi connectivity index (χ0n) is 33.1. The maximum absolute atomic E-state index is 12.5. The van der Waals surface area contributed by atoms with Crippen LogP contribution in [0.1, 0.15) is 76.0 Å². The van der Waals surface area contributed by atoms with Crippen LogP contribution < -0.4 is 37.8 Å². The van der Waals surface area contributed by atoms with Gasteiger partial charge in [0.15, 0.2) is 6.23 Å². The van der Waals surface area contributed by atoms with E-state index in [1.54, 1.807) is 0 Å². The molecule has 1 aromatic rings. The highest BCUT2D eigenvalue weighted by molar-refractivity contribution is 8.00. The molecule has 4 rings (SSSR count). The summed E-state index contributed by atoms with van der Waals surface area (Å²) in [5.41, 5.74) is -2.13. The fourth-order valence-electron chi connectivity index (χ4n) is 6.57. The molecule has 3 aliphatic rings. The van der Waals surface area contributed by atoms with Gasteiger partial charge >= 0.3 is 35.2 Å². The van der Waals surface area contributed by atoms with Crippen LogP contribution in [0, 0.1) is 0 Å². The zero-order valence-corrected chi connectivity index (χ0v) is 36.6. The second-order valence-corrected chi connectivity index (χ2v) is 20.1. The number of aromatic nitrogens is 2. The van der Waals surface area contributed by atoms with Crippen molar-refractivity contribution in [2.45, 2.75) is 106 Å². The molecule has 350 valence electrons. The van der Waals surface area contributed by atoms with Gasteiger partial charge in [-0.2, -0.15) is 20.4 Å². The van der Waals surface area contributed by atoms with E-state index < -0.39 is 65.9 Å². The molecule has 3 aliphatic heterocycles. The molecule has 4 heterocycles. The Morgan fingerprint density at radius 1 is 0.839 bits per heavy atom. The fourth-order valence-corrected chi connectivity index (χ4v) is 11.1. The Hall–Kier alpha value is -3.26. The number of rotatable bonds is 26. The molecule has 0 aliphatic carbocycles. The first-order valence-corrected chi connectivity index (χ1v) is 25.0. The molecule has 0 saturated carbocycles. The van der Waals surface area contributed by atoms with Crippen LogP contribution in [-0.4, -0.2) is 131 Å². The van der Waals surface area contributed by atoms with Gasteiger partial charge in [-0.15, -0.1) is 0 Å². The highest BCUT2D eigenvalue weighted by atomic mass is 32.2. The van der Waals surface area contributed by atoms with Gasteiger partial charge in [-0.05, 0) is 32.1 Å². The summed E-state index contributed by atoms with van der Waals surface area (Å²) in [7, 11) is -17.1. The number of aliphatic hydroxyl groups excluding tert-OH is 2. The van der Waals surface area contributed by atoms with Gasteiger partial charge in [-0.3, -0.25) is 33.3 Å². The molecule has 0 spiro atoms. The summed E-state index contributed by atoms with van der Waals surface area (Å²) < 4.78 is 52.0. The van der Waals surface area contributed by atoms with E-state index in [-0.39, 0.29) is 60.9 Å². The number of aromatic amines is 1. The van der Waals surface area contributed by atoms with Crippen LogP contribution in [-0.2, 0) is 46.0 Å². The van der Waals surface area contributed by atoms with Gasteiger partial charge in [-0.25, -0.2) is 23.3 Å². The van der Waals surface area contributed by atoms with Crippen molar-refractivity contribution in [3.8, 4) is 0 Å². The van der Waals surface area contributed by atoms with E-state index in [0.717, 1.165) is 44.1 Å². The monoisotopic (exact) mass is 963 g/mol. The van der Waals surface area contributed by atoms with Crippen molar-refractivity contribution < 1.29 is 80.5 Å². The van der Waals surface area contributed by atoms with Gasteiger partial charge in [0, 0.05) is 56.1 Å². The van der Waals surface area contributed by atoms with Gasteiger partial charge in [0.2, 0.25) is 17.7 Å². The SMILES string of the molecule is O=C(CCCNC(=O)CCCCCNC(=O)CCCC[C@@H]1SC[C@@H]2NC(=O)N[C@@H]21)NC/C=C/c1cn([C@@H]2O[C@H](COP(=O)(O)OP(=O)(O)OP(=O)(O)O)[C@@H](O)[C@H]2O)c(=O)[nH]c1=O. The minimum atomic E-state index is -5.83. The lowest BCUT2D eigenvalue weighted by molar-refractivity contribution is -0.122. The van der Waals surface area contributed by atoms with E-state index in [2.05, 4.69) is 39.7 Å². The van der Waals surface area contributed by atoms with Gasteiger partial charge in [0.1, 0.15) is 18.3 Å². The Morgan fingerprint density at radius 2 is 1.48 bits per heavy atom. The number of hydrogen-bond acceptors (Lipinski definition) is 16. The number of carbonyl (C=O) groups is 4. The zero-order chi connectivity index (χ0) is 45.7. The van der Waals surface area contributed by atoms with E-state index in [1.807, 2.05) is 16.7 Å². The number of fused-ring (bicyclic) bond motifs is 1. The second kappa shape index (κ2) is 23.6. The van der Waals surface area contributed by atoms with Gasteiger partial charge < -0.3 is 61.1 Å². The average Bonchev–Trinajstić information content (AvgIpc) is 3.81. The predicted molar refractivity (Wildman–Crippen MR) is 217 cm³/mol. The van der Waals surface area contributed by atoms with E-state index in [1.165, 1.54) is 12.2 Å². The molecular weight excluding hydrogens is 911 g/mol. The number of phosphoric acid groups is 3. The molecule has 1 aromatic heterocycles. The van der Waals surface area contributed by atoms with Crippen molar-refractivity contribution >= 4 is 65.1 Å². The number of ether oxygens (including phenoxy) is 1. The summed E-state index contributed by atoms with van der Waals surface area (Å²) in [5, 5.41) is 35.4. The molecule has 3 fully saturated rings. The second-order valence-electron chi connectivity index (χ2n) is 14.4. The lowest BCUT2D eigenvalue weighted by Gasteiger charge is -2.19. The first-order valence-electron chi connectivity index (χ1n) is 19.4. The molecule has 0 aromatic carbocycles. The van der Waals surface area contributed by atoms with Crippen LogP contribution in [0.5, 0.6) is 0 Å². The van der Waals surface area contributed by atoms with E-state index in [4.69, 9.17) is 14.5 Å². The highest BCUT2D eigenvalue weighted by Crippen LogP contribution is 2.66. The third-order valence-corrected chi connectivity index (χ3v) is 14.8. The molecule has 0 bridgehead atoms. The van der Waals surface area contributed by atoms with Crippen LogP contribution in [0.3, 0.4) is 0 Å². The molecule has 3 saturated heterocycles. The highest BCUT2D eigenvalue weighted by Gasteiger charge is 2.47. The number of hydrogen-bond donors (Lipinski definition) is 12. The summed E-state index contributed by atoms with van der Waals surface area (Å²) in [4.78, 5) is 111. The number of urea groups is 1. The van der Waals surface area contributed by atoms with Crippen molar-refractivity contribution in [1.29, 1.82) is 0 Å². The molecule has 26 nitrogen and oxygen atoms in total. The smallest absolute Gasteiger partial charge is 0.387 e. The molecule has 12 N–H and O–H groups in total. The maximum Gasteiger partial charge on any atom is 0.490 e. The topological polar surface area (TPSA) is 393 Å². The summed E-state index contributed by atoms with van der Waals surface area (Å²) in [6, 6.07) is 0.245. The quantitative estimate of drug-likeness (QED) is 0.0299. The predicted octanol–water partition coefficient (Wildman–Crippen LogP) is -1.07. The van der Waals surface area contributed by atoms with E-state index in [9.17, 15) is 62.5 Å². The number of aliphatic hydroxyl groups is 2. The standard InChI is InChI=1S/C32H52N7O19P3S/c40-23(10-2-1-5-13-33-24(41)11-4-3-9-22-26-20(18-62-22)36-31(46)37-26)35-15-7-12-25(42)34-14-6-8-19-16-39(32(47)38-29(19)45)30-28(44)27(43)21(56-30)17-55-60(51,52)58-61(53,54)57-59(48,49)50/h6,8,16,20-22,26-28,30,43-44H,1-5,7,9-15,17-18H2,(H,33,41)(H,34,42)(H,35,40)(H,51,52)(H,53,54)(H2,36,37,46)(H,38,45,47)(H2,48,49,50)/b8-6+/t20-,21+,22-,26-,27+,28+,30+/m0/s1. The van der Waals surface area contributed by atoms with Crippen molar-refractivity contribution in [3.05, 3.63) is 38.7 Å². The Morgan fingerprint density at radius 3 is 2.18 bits per heavy atom. The first kappa shape index (κ1) is 51.4. The lowest BCUT2D eigenvalue weighted by Crippen LogP contribution is -2.38. The lowest BCUT2D eigenvalue weighted by atomic mass is 10.0. The molecule has 62 heavy (non-hydrogen) atoms. The van der Waals surface area contributed by atoms with Crippen LogP contribution in [0.15, 0.2) is 21.9 Å². The number of nitrogens with zero attached hydrogens (tertiary/aromatic N) is 1. The summed E-state index contributed by atoms with van der Waals surface area (Å²) in [6.45, 7) is -0.384. The Bertz CT molecular complexity index is 2030. The minimum absolute atomic E-state index is 0.00370. The van der Waals surface area contributed by atoms with Gasteiger partial charge in [0.25, 0.3) is 5.56 Å². The van der Waals surface area contributed by atoms with E-state index in [0.29, 0.717) is 42.0 Å². The summed E-state index contributed by atoms with van der Waals surface area (Å²) in [6.07, 6.45) is 2.29. The summed E-state index contributed by atoms with van der Waals surface area (Å²) in [5.74, 6) is 0.388. The first-order chi connectivity index (χ1) is 29.1. The van der Waals surface area contributed by atoms with E-state index >= 15 is 0 Å². The van der Waals surface area contributed by atoms with Crippen LogP contribution in [0.4, 0.5) is 4.79 Å². The number of amides is 5. The Balaban J connectivity index is 1.06. The fraction of sp³-hybridized carbons (Fsp3) is 0.688. The maximum atomic E-state index is 12.5. The molecule has 2 unspecified atom stereocenters. The Kier molecular flexibility index (Phi) is 19.6. The molecule has 30 heteroatoms. The average molecular weight is 964 g/mol. The Labute approximate surface area is 357 Å². The molecule has 0 radical (unpaired) electrons. The van der Waals surface area contributed by atoms with Gasteiger partial charge in [0.05, 0.1) is 24.3 Å².